The minimum atomic E-state index is -0.335. The van der Waals surface area contributed by atoms with Crippen LogP contribution in [0, 0.1) is 11.3 Å². The largest absolute Gasteiger partial charge is 0.438 e. The van der Waals surface area contributed by atoms with E-state index < -0.39 is 0 Å². The summed E-state index contributed by atoms with van der Waals surface area (Å²) in [5.74, 6) is 0.712. The van der Waals surface area contributed by atoms with Gasteiger partial charge in [0.1, 0.15) is 29.4 Å². The summed E-state index contributed by atoms with van der Waals surface area (Å²) >= 11 is 0. The van der Waals surface area contributed by atoms with Gasteiger partial charge in [0, 0.05) is 20.3 Å². The van der Waals surface area contributed by atoms with Gasteiger partial charge in [0.2, 0.25) is 5.88 Å². The highest BCUT2D eigenvalue weighted by Gasteiger charge is 2.11. The van der Waals surface area contributed by atoms with Crippen molar-refractivity contribution in [1.29, 1.82) is 5.26 Å². The Morgan fingerprint density at radius 1 is 1.24 bits per heavy atom. The van der Waals surface area contributed by atoms with Crippen molar-refractivity contribution in [2.75, 3.05) is 14.1 Å². The predicted molar refractivity (Wildman–Crippen MR) is 92.7 cm³/mol. The van der Waals surface area contributed by atoms with Crippen molar-refractivity contribution in [1.82, 2.24) is 19.9 Å². The van der Waals surface area contributed by atoms with E-state index in [1.54, 1.807) is 50.6 Å². The van der Waals surface area contributed by atoms with Gasteiger partial charge in [-0.25, -0.2) is 9.97 Å². The topological polar surface area (TPSA) is 94.9 Å². The fourth-order valence-electron chi connectivity index (χ4n) is 2.22. The number of benzene rings is 1. The monoisotopic (exact) mass is 333 g/mol. The highest BCUT2D eigenvalue weighted by Crippen LogP contribution is 2.26. The molecule has 7 nitrogen and oxygen atoms in total. The number of carbonyl (C=O) groups excluding carboxylic acids is 1. The van der Waals surface area contributed by atoms with Gasteiger partial charge in [-0.05, 0) is 29.8 Å². The molecular weight excluding hydrogens is 318 g/mol. The van der Waals surface area contributed by atoms with E-state index in [4.69, 9.17) is 10.00 Å². The lowest BCUT2D eigenvalue weighted by atomic mass is 10.1. The Kier molecular flexibility index (Phi) is 4.44. The summed E-state index contributed by atoms with van der Waals surface area (Å²) in [5.41, 5.74) is 1.50. The number of ether oxygens (including phenoxy) is 1. The number of hydrogen-bond donors (Lipinski definition) is 1. The number of likely N-dealkylation sites (N-methyl/N-ethyl adjacent to an activating group) is 1. The number of nitrogens with zero attached hydrogens (tertiary/aromatic N) is 4. The first kappa shape index (κ1) is 16.2. The first-order valence-corrected chi connectivity index (χ1v) is 7.48. The zero-order chi connectivity index (χ0) is 17.8. The molecule has 0 fully saturated rings. The molecule has 0 aliphatic rings. The molecule has 3 aromatic rings. The molecule has 0 saturated carbocycles. The number of amides is 1. The second-order valence-electron chi connectivity index (χ2n) is 5.46. The van der Waals surface area contributed by atoms with Crippen LogP contribution in [-0.2, 0) is 4.79 Å². The van der Waals surface area contributed by atoms with Crippen LogP contribution in [0.3, 0.4) is 0 Å². The zero-order valence-electron chi connectivity index (χ0n) is 13.7. The van der Waals surface area contributed by atoms with E-state index in [1.165, 1.54) is 11.2 Å². The van der Waals surface area contributed by atoms with E-state index in [0.717, 1.165) is 10.9 Å². The molecule has 0 atom stereocenters. The standard InChI is InChI=1S/C18H15N5O2/c1-23(2)18(24)13(10-19)9-12-3-5-14(6-4-12)25-17-15-7-8-20-16(15)21-11-22-17/h3-9,11H,1-2H3,(H,20,21,22). The quantitative estimate of drug-likeness (QED) is 0.585. The van der Waals surface area contributed by atoms with Crippen LogP contribution in [0.1, 0.15) is 5.56 Å². The van der Waals surface area contributed by atoms with E-state index >= 15 is 0 Å². The van der Waals surface area contributed by atoms with Crippen LogP contribution in [0.15, 0.2) is 48.4 Å². The number of carbonyl (C=O) groups is 1. The van der Waals surface area contributed by atoms with Crippen LogP contribution < -0.4 is 4.74 Å². The van der Waals surface area contributed by atoms with Crippen molar-refractivity contribution < 1.29 is 9.53 Å². The van der Waals surface area contributed by atoms with E-state index in [-0.39, 0.29) is 11.5 Å². The van der Waals surface area contributed by atoms with Crippen molar-refractivity contribution in [3.63, 3.8) is 0 Å². The second kappa shape index (κ2) is 6.84. The smallest absolute Gasteiger partial charge is 0.264 e. The lowest BCUT2D eigenvalue weighted by molar-refractivity contribution is -0.124. The lowest BCUT2D eigenvalue weighted by Gasteiger charge is -2.09. The van der Waals surface area contributed by atoms with E-state index in [2.05, 4.69) is 15.0 Å². The maximum atomic E-state index is 11.9. The van der Waals surface area contributed by atoms with E-state index in [1.807, 2.05) is 12.1 Å². The minimum absolute atomic E-state index is 0.0727. The summed E-state index contributed by atoms with van der Waals surface area (Å²) in [4.78, 5) is 24.5. The molecule has 7 heteroatoms. The first-order chi connectivity index (χ1) is 12.1. The van der Waals surface area contributed by atoms with Gasteiger partial charge in [-0.1, -0.05) is 12.1 Å². The average molecular weight is 333 g/mol. The summed E-state index contributed by atoms with van der Waals surface area (Å²) in [5, 5.41) is 9.92. The number of rotatable bonds is 4. The molecule has 1 N–H and O–H groups in total. The molecule has 1 aromatic carbocycles. The lowest BCUT2D eigenvalue weighted by Crippen LogP contribution is -2.22. The molecule has 124 valence electrons. The van der Waals surface area contributed by atoms with Gasteiger partial charge in [0.05, 0.1) is 5.39 Å². The molecule has 3 rings (SSSR count). The van der Waals surface area contributed by atoms with Crippen LogP contribution >= 0.6 is 0 Å². The van der Waals surface area contributed by atoms with Crippen LogP contribution in [0.4, 0.5) is 0 Å². The molecule has 2 aromatic heterocycles. The van der Waals surface area contributed by atoms with Gasteiger partial charge < -0.3 is 14.6 Å². The Balaban J connectivity index is 1.82. The predicted octanol–water partition coefficient (Wildman–Crippen LogP) is 2.75. The third-order valence-electron chi connectivity index (χ3n) is 3.48. The third kappa shape index (κ3) is 3.48. The Labute approximate surface area is 144 Å². The van der Waals surface area contributed by atoms with Crippen LogP contribution in [-0.4, -0.2) is 39.9 Å². The van der Waals surface area contributed by atoms with Gasteiger partial charge in [-0.3, -0.25) is 4.79 Å². The SMILES string of the molecule is CN(C)C(=O)C(C#N)=Cc1ccc(Oc2ncnc3[nH]ccc23)cc1. The Morgan fingerprint density at radius 2 is 2.00 bits per heavy atom. The molecule has 0 unspecified atom stereocenters. The second-order valence-corrected chi connectivity index (χ2v) is 5.46. The summed E-state index contributed by atoms with van der Waals surface area (Å²) in [6, 6.07) is 10.8. The molecule has 0 radical (unpaired) electrons. The zero-order valence-corrected chi connectivity index (χ0v) is 13.7. The molecule has 0 saturated heterocycles. The van der Waals surface area contributed by atoms with Crippen LogP contribution in [0.25, 0.3) is 17.1 Å². The van der Waals surface area contributed by atoms with Gasteiger partial charge >= 0.3 is 0 Å². The minimum Gasteiger partial charge on any atom is -0.438 e. The number of nitrogens with one attached hydrogen (secondary N) is 1. The molecule has 0 aliphatic carbocycles. The van der Waals surface area contributed by atoms with Gasteiger partial charge in [0.15, 0.2) is 0 Å². The highest BCUT2D eigenvalue weighted by molar-refractivity contribution is 6.01. The average Bonchev–Trinajstić information content (AvgIpc) is 3.10. The summed E-state index contributed by atoms with van der Waals surface area (Å²) in [7, 11) is 3.21. The summed E-state index contributed by atoms with van der Waals surface area (Å²) < 4.78 is 5.79. The Morgan fingerprint density at radius 3 is 2.68 bits per heavy atom. The van der Waals surface area contributed by atoms with Crippen molar-refractivity contribution in [2.45, 2.75) is 0 Å². The fourth-order valence-corrected chi connectivity index (χ4v) is 2.22. The maximum absolute atomic E-state index is 11.9. The Hall–Kier alpha value is -3.66. The molecule has 0 spiro atoms. The van der Waals surface area contributed by atoms with Gasteiger partial charge in [0.25, 0.3) is 5.91 Å². The van der Waals surface area contributed by atoms with Crippen molar-refractivity contribution in [2.24, 2.45) is 0 Å². The van der Waals surface area contributed by atoms with Gasteiger partial charge in [-0.2, -0.15) is 5.26 Å². The van der Waals surface area contributed by atoms with E-state index in [9.17, 15) is 4.79 Å². The third-order valence-corrected chi connectivity index (χ3v) is 3.48. The first-order valence-electron chi connectivity index (χ1n) is 7.48. The highest BCUT2D eigenvalue weighted by atomic mass is 16.5. The number of aromatic amines is 1. The van der Waals surface area contributed by atoms with Crippen molar-refractivity contribution in [3.8, 4) is 17.7 Å². The number of fused-ring (bicyclic) bond motifs is 1. The number of hydrogen-bond acceptors (Lipinski definition) is 5. The Bertz CT molecular complexity index is 981. The normalized spacial score (nSPS) is 11.2. The molecule has 1 amide bonds. The molecular formula is C18H15N5O2. The van der Waals surface area contributed by atoms with Gasteiger partial charge in [-0.15, -0.1) is 0 Å². The van der Waals surface area contributed by atoms with Crippen molar-refractivity contribution in [3.05, 3.63) is 54.0 Å². The fraction of sp³-hybridized carbons (Fsp3) is 0.111. The summed E-state index contributed by atoms with van der Waals surface area (Å²) in [6.45, 7) is 0. The summed E-state index contributed by atoms with van der Waals surface area (Å²) in [6.07, 6.45) is 4.74. The van der Waals surface area contributed by atoms with Crippen LogP contribution in [0.2, 0.25) is 0 Å². The molecule has 2 heterocycles. The number of aromatic nitrogens is 3. The molecule has 0 aliphatic heterocycles. The number of nitriles is 1. The van der Waals surface area contributed by atoms with E-state index in [0.29, 0.717) is 17.3 Å². The van der Waals surface area contributed by atoms with Crippen molar-refractivity contribution >= 4 is 23.0 Å². The van der Waals surface area contributed by atoms with Crippen LogP contribution in [0.5, 0.6) is 11.6 Å². The maximum Gasteiger partial charge on any atom is 0.264 e. The molecule has 0 bridgehead atoms. The number of H-pyrrole nitrogens is 1. The molecule has 25 heavy (non-hydrogen) atoms.